The molecule has 0 aliphatic heterocycles. The molecule has 1 aromatic rings. The van der Waals surface area contributed by atoms with Gasteiger partial charge in [-0.2, -0.15) is 0 Å². The topological polar surface area (TPSA) is 119 Å². The molecule has 1 aromatic heterocycles. The second-order valence-corrected chi connectivity index (χ2v) is 6.87. The summed E-state index contributed by atoms with van der Waals surface area (Å²) in [5.41, 5.74) is -0.464. The van der Waals surface area contributed by atoms with Gasteiger partial charge in [-0.1, -0.05) is 5.21 Å². The summed E-state index contributed by atoms with van der Waals surface area (Å²) < 4.78 is 1.63. The van der Waals surface area contributed by atoms with Gasteiger partial charge < -0.3 is 15.2 Å². The fourth-order valence-corrected chi connectivity index (χ4v) is 2.64. The molecule has 10 nitrogen and oxygen atoms in total. The van der Waals surface area contributed by atoms with Crippen LogP contribution in [0.25, 0.3) is 0 Å². The van der Waals surface area contributed by atoms with E-state index in [9.17, 15) is 10.0 Å². The number of nitrogens with zero attached hydrogens (tertiary/aromatic N) is 6. The largest absolute Gasteiger partial charge is 0.569 e. The summed E-state index contributed by atoms with van der Waals surface area (Å²) in [6.07, 6.45) is 4.46. The lowest BCUT2D eigenvalue weighted by Crippen LogP contribution is -2.47. The smallest absolute Gasteiger partial charge is 0.306 e. The van der Waals surface area contributed by atoms with E-state index in [1.807, 2.05) is 20.8 Å². The molecular weight excluding hydrogens is 316 g/mol. The van der Waals surface area contributed by atoms with Crippen LogP contribution in [0.4, 0.5) is 0 Å². The molecule has 1 heterocycles. The highest BCUT2D eigenvalue weighted by molar-refractivity contribution is 5.70. The molecule has 1 aliphatic rings. The van der Waals surface area contributed by atoms with Crippen LogP contribution < -0.4 is 0 Å². The first-order valence-corrected chi connectivity index (χ1v) is 7.96. The van der Waals surface area contributed by atoms with Gasteiger partial charge >= 0.3 is 5.97 Å². The van der Waals surface area contributed by atoms with E-state index in [0.29, 0.717) is 37.3 Å². The third-order valence-electron chi connectivity index (χ3n) is 3.99. The molecule has 0 amide bonds. The molecule has 0 aromatic carbocycles. The fourth-order valence-electron chi connectivity index (χ4n) is 2.64. The van der Waals surface area contributed by atoms with Crippen LogP contribution in [0.3, 0.4) is 0 Å². The van der Waals surface area contributed by atoms with Crippen molar-refractivity contribution < 1.29 is 19.7 Å². The Morgan fingerprint density at radius 2 is 2.29 bits per heavy atom. The maximum Gasteiger partial charge on any atom is 0.306 e. The summed E-state index contributed by atoms with van der Waals surface area (Å²) in [5.74, 6) is -1.25. The number of carbonyl (C=O) groups is 1. The molecule has 0 bridgehead atoms. The summed E-state index contributed by atoms with van der Waals surface area (Å²) in [4.78, 5) is 16.6. The van der Waals surface area contributed by atoms with Crippen LogP contribution in [-0.2, 0) is 16.2 Å². The van der Waals surface area contributed by atoms with Crippen molar-refractivity contribution in [2.75, 3.05) is 6.54 Å². The maximum absolute atomic E-state index is 12.3. The lowest BCUT2D eigenvalue weighted by molar-refractivity contribution is -0.726. The van der Waals surface area contributed by atoms with Crippen LogP contribution >= 0.6 is 0 Å². The van der Waals surface area contributed by atoms with Gasteiger partial charge in [0.2, 0.25) is 5.28 Å². The highest BCUT2D eigenvalue weighted by Gasteiger charge is 2.33. The van der Waals surface area contributed by atoms with Gasteiger partial charge in [-0.15, -0.1) is 10.1 Å². The van der Waals surface area contributed by atoms with Gasteiger partial charge in [-0.05, 0) is 33.6 Å². The van der Waals surface area contributed by atoms with Crippen molar-refractivity contribution in [2.24, 2.45) is 11.2 Å². The lowest BCUT2D eigenvalue weighted by Gasteiger charge is -2.30. The van der Waals surface area contributed by atoms with Gasteiger partial charge in [0.05, 0.1) is 35.7 Å². The van der Waals surface area contributed by atoms with E-state index >= 15 is 0 Å². The van der Waals surface area contributed by atoms with Crippen LogP contribution in [0.1, 0.15) is 40.0 Å². The second kappa shape index (κ2) is 7.45. The second-order valence-electron chi connectivity index (χ2n) is 6.87. The lowest BCUT2D eigenvalue weighted by atomic mass is 10.1. The summed E-state index contributed by atoms with van der Waals surface area (Å²) in [7, 11) is 0. The van der Waals surface area contributed by atoms with Crippen molar-refractivity contribution in [3.63, 3.8) is 0 Å². The average molecular weight is 340 g/mol. The maximum atomic E-state index is 12.3. The summed E-state index contributed by atoms with van der Waals surface area (Å²) in [5, 5.41) is 34.0. The number of hydrogen-bond donors (Lipinski definition) is 1. The van der Waals surface area contributed by atoms with Crippen molar-refractivity contribution in [3.8, 4) is 0 Å². The first kappa shape index (κ1) is 18.0. The molecule has 1 fully saturated rings. The van der Waals surface area contributed by atoms with E-state index in [4.69, 9.17) is 9.94 Å². The van der Waals surface area contributed by atoms with E-state index in [0.717, 1.165) is 0 Å². The van der Waals surface area contributed by atoms with Crippen LogP contribution in [0.15, 0.2) is 17.7 Å². The molecule has 1 saturated carbocycles. The molecule has 0 saturated heterocycles. The number of carboxylic acids is 1. The van der Waals surface area contributed by atoms with E-state index in [2.05, 4.69) is 15.6 Å². The number of aromatic nitrogens is 3. The summed E-state index contributed by atoms with van der Waals surface area (Å²) in [6, 6.07) is 0. The van der Waals surface area contributed by atoms with Crippen LogP contribution in [-0.4, -0.2) is 54.2 Å². The predicted molar refractivity (Wildman–Crippen MR) is 82.4 cm³/mol. The van der Waals surface area contributed by atoms with Gasteiger partial charge in [0.25, 0.3) is 0 Å². The quantitative estimate of drug-likeness (QED) is 0.453. The number of rotatable bonds is 7. The standard InChI is InChI=1S/C14H24N6O4/c1-14(2,3)19(9-8-18-7-6-15-16-18)20(23)17-24-12-5-4-11(10-12)13(21)22/h6-7,11-12H,4-5,8-10H2,1-3H3,(H,21,22)/b20-17+/t11-,12+/m0/s1. The summed E-state index contributed by atoms with van der Waals surface area (Å²) in [6.45, 7) is 6.54. The van der Waals surface area contributed by atoms with Crippen molar-refractivity contribution in [2.45, 2.75) is 58.2 Å². The molecule has 1 aliphatic carbocycles. The molecule has 0 spiro atoms. The SMILES string of the molecule is CC(C)(C)N(CCn1ccnn1)/[N+]([O-])=N\O[C@@H]1CC[C@H](C(=O)O)C1. The Labute approximate surface area is 140 Å². The Morgan fingerprint density at radius 3 is 2.83 bits per heavy atom. The highest BCUT2D eigenvalue weighted by atomic mass is 16.7. The summed E-state index contributed by atoms with van der Waals surface area (Å²) >= 11 is 0. The normalized spacial score (nSPS) is 21.7. The first-order chi connectivity index (χ1) is 11.3. The minimum absolute atomic E-state index is 0.334. The molecule has 1 N–H and O–H groups in total. The Morgan fingerprint density at radius 1 is 1.54 bits per heavy atom. The molecule has 10 heteroatoms. The van der Waals surface area contributed by atoms with Crippen LogP contribution in [0.2, 0.25) is 0 Å². The fraction of sp³-hybridized carbons (Fsp3) is 0.786. The van der Waals surface area contributed by atoms with E-state index in [-0.39, 0.29) is 6.10 Å². The monoisotopic (exact) mass is 340 g/mol. The Hall–Kier alpha value is -2.39. The third kappa shape index (κ3) is 4.80. The minimum Gasteiger partial charge on any atom is -0.569 e. The van der Waals surface area contributed by atoms with Gasteiger partial charge in [-0.3, -0.25) is 9.48 Å². The number of aliphatic carboxylic acids is 1. The zero-order valence-corrected chi connectivity index (χ0v) is 14.2. The van der Waals surface area contributed by atoms with Crippen molar-refractivity contribution >= 4 is 5.97 Å². The first-order valence-electron chi connectivity index (χ1n) is 7.96. The van der Waals surface area contributed by atoms with Crippen molar-refractivity contribution in [1.82, 2.24) is 20.0 Å². The molecule has 2 rings (SSSR count). The Balaban J connectivity index is 1.94. The van der Waals surface area contributed by atoms with E-state index in [1.165, 1.54) is 5.01 Å². The highest BCUT2D eigenvalue weighted by Crippen LogP contribution is 2.28. The molecule has 0 radical (unpaired) electrons. The zero-order valence-electron chi connectivity index (χ0n) is 14.2. The average Bonchev–Trinajstić information content (AvgIpc) is 3.15. The van der Waals surface area contributed by atoms with E-state index in [1.54, 1.807) is 17.1 Å². The molecule has 0 unspecified atom stereocenters. The van der Waals surface area contributed by atoms with Gasteiger partial charge in [0.1, 0.15) is 6.10 Å². The van der Waals surface area contributed by atoms with Gasteiger partial charge in [-0.25, -0.2) is 0 Å². The van der Waals surface area contributed by atoms with E-state index < -0.39 is 17.4 Å². The van der Waals surface area contributed by atoms with Gasteiger partial charge in [0, 0.05) is 12.6 Å². The third-order valence-corrected chi connectivity index (χ3v) is 3.99. The van der Waals surface area contributed by atoms with Crippen LogP contribution in [0, 0.1) is 11.1 Å². The zero-order chi connectivity index (χ0) is 17.7. The van der Waals surface area contributed by atoms with Gasteiger partial charge in [0.15, 0.2) is 0 Å². The number of hydrogen-bond acceptors (Lipinski definition) is 6. The van der Waals surface area contributed by atoms with Crippen molar-refractivity contribution in [1.29, 1.82) is 0 Å². The molecule has 134 valence electrons. The number of carboxylic acid groups (broad SMARTS) is 1. The van der Waals surface area contributed by atoms with Crippen molar-refractivity contribution in [3.05, 3.63) is 17.6 Å². The molecular formula is C14H24N6O4. The molecule has 24 heavy (non-hydrogen) atoms. The minimum atomic E-state index is -0.829. The predicted octanol–water partition coefficient (Wildman–Crippen LogP) is 1.44. The Bertz CT molecular complexity index is 568. The molecule has 2 atom stereocenters. The Kier molecular flexibility index (Phi) is 5.58. The number of hydrazine groups is 1. The van der Waals surface area contributed by atoms with Crippen LogP contribution in [0.5, 0.6) is 0 Å².